The summed E-state index contributed by atoms with van der Waals surface area (Å²) in [5.74, 6) is -0.578. The van der Waals surface area contributed by atoms with Crippen molar-refractivity contribution in [2.24, 2.45) is 5.92 Å². The quantitative estimate of drug-likeness (QED) is 0.653. The molecule has 0 amide bonds. The first-order valence-electron chi connectivity index (χ1n) is 8.77. The molecule has 3 heterocycles. The van der Waals surface area contributed by atoms with Crippen LogP contribution in [0.25, 0.3) is 4.96 Å². The highest BCUT2D eigenvalue weighted by molar-refractivity contribution is 7.17. The number of benzene rings is 1. The summed E-state index contributed by atoms with van der Waals surface area (Å²) in [4.78, 5) is 18.4. The van der Waals surface area contributed by atoms with Crippen LogP contribution in [0, 0.1) is 11.7 Å². The third-order valence-electron chi connectivity index (χ3n) is 5.15. The van der Waals surface area contributed by atoms with Crippen molar-refractivity contribution in [3.63, 3.8) is 0 Å². The monoisotopic (exact) mass is 391 g/mol. The Hall–Kier alpha value is -2.52. The second-order valence-corrected chi connectivity index (χ2v) is 7.70. The number of nitrogens with one attached hydrogen (secondary N) is 1. The van der Waals surface area contributed by atoms with Gasteiger partial charge in [0.25, 0.3) is 0 Å². The molecule has 0 bridgehead atoms. The number of thiazole rings is 1. The van der Waals surface area contributed by atoms with Crippen LogP contribution in [0.1, 0.15) is 29.3 Å². The van der Waals surface area contributed by atoms with Gasteiger partial charge in [-0.05, 0) is 12.1 Å². The molecular formula is C18H20FN4O3S+. The summed E-state index contributed by atoms with van der Waals surface area (Å²) in [5, 5.41) is 14.7. The number of methoxy groups -OCH3 is 1. The molecule has 7 nitrogen and oxygen atoms in total. The Bertz CT molecular complexity index is 965. The summed E-state index contributed by atoms with van der Waals surface area (Å²) in [7, 11) is 1.41. The van der Waals surface area contributed by atoms with Crippen molar-refractivity contribution in [2.75, 3.05) is 20.2 Å². The van der Waals surface area contributed by atoms with Gasteiger partial charge in [-0.25, -0.2) is 9.37 Å². The minimum atomic E-state index is -0.319. The molecule has 1 fully saturated rings. The number of piperidine rings is 1. The smallest absolute Gasteiger partial charge is 0.309 e. The molecule has 2 N–H and O–H groups in total. The highest BCUT2D eigenvalue weighted by atomic mass is 32.1. The lowest BCUT2D eigenvalue weighted by Crippen LogP contribution is -3.13. The molecule has 1 aromatic carbocycles. The molecule has 0 unspecified atom stereocenters. The number of halogens is 1. The van der Waals surface area contributed by atoms with E-state index in [0.29, 0.717) is 35.8 Å². The molecule has 27 heavy (non-hydrogen) atoms. The van der Waals surface area contributed by atoms with E-state index < -0.39 is 0 Å². The predicted molar refractivity (Wildman–Crippen MR) is 96.2 cm³/mol. The second kappa shape index (κ2) is 7.24. The lowest BCUT2D eigenvalue weighted by molar-refractivity contribution is -0.930. The van der Waals surface area contributed by atoms with Crippen LogP contribution in [0.15, 0.2) is 30.6 Å². The van der Waals surface area contributed by atoms with Gasteiger partial charge in [-0.2, -0.15) is 9.61 Å². The van der Waals surface area contributed by atoms with Gasteiger partial charge in [0, 0.05) is 18.4 Å². The van der Waals surface area contributed by atoms with Gasteiger partial charge in [-0.1, -0.05) is 23.5 Å². The first-order chi connectivity index (χ1) is 13.1. The van der Waals surface area contributed by atoms with E-state index in [-0.39, 0.29) is 29.6 Å². The summed E-state index contributed by atoms with van der Waals surface area (Å²) in [5.41, 5.74) is 0.779. The molecule has 1 atom stereocenters. The Morgan fingerprint density at radius 3 is 2.89 bits per heavy atom. The molecule has 1 saturated heterocycles. The van der Waals surface area contributed by atoms with Crippen LogP contribution in [-0.2, 0) is 9.53 Å². The number of aromatic nitrogens is 3. The van der Waals surface area contributed by atoms with E-state index in [2.05, 4.69) is 10.1 Å². The molecule has 4 rings (SSSR count). The van der Waals surface area contributed by atoms with Gasteiger partial charge < -0.3 is 14.7 Å². The van der Waals surface area contributed by atoms with Crippen LogP contribution in [0.3, 0.4) is 0 Å². The molecule has 142 valence electrons. The van der Waals surface area contributed by atoms with Crippen LogP contribution in [0.2, 0.25) is 0 Å². The Morgan fingerprint density at radius 1 is 1.44 bits per heavy atom. The van der Waals surface area contributed by atoms with E-state index in [1.54, 1.807) is 6.07 Å². The van der Waals surface area contributed by atoms with E-state index >= 15 is 0 Å². The molecule has 0 aliphatic carbocycles. The Labute approximate surface area is 159 Å². The van der Waals surface area contributed by atoms with E-state index in [4.69, 9.17) is 4.74 Å². The molecule has 9 heteroatoms. The van der Waals surface area contributed by atoms with Gasteiger partial charge >= 0.3 is 5.97 Å². The third kappa shape index (κ3) is 3.28. The van der Waals surface area contributed by atoms with E-state index in [1.807, 2.05) is 6.07 Å². The van der Waals surface area contributed by atoms with Crippen molar-refractivity contribution in [1.82, 2.24) is 14.6 Å². The van der Waals surface area contributed by atoms with Crippen molar-refractivity contribution in [3.8, 4) is 5.88 Å². The highest BCUT2D eigenvalue weighted by Crippen LogP contribution is 2.35. The van der Waals surface area contributed by atoms with Gasteiger partial charge in [0.1, 0.15) is 17.0 Å². The Kier molecular flexibility index (Phi) is 4.79. The van der Waals surface area contributed by atoms with Gasteiger partial charge in [0.2, 0.25) is 10.8 Å². The van der Waals surface area contributed by atoms with Crippen LogP contribution < -0.4 is 4.90 Å². The van der Waals surface area contributed by atoms with Crippen molar-refractivity contribution in [2.45, 2.75) is 18.9 Å². The van der Waals surface area contributed by atoms with Gasteiger partial charge in [0.05, 0.1) is 26.1 Å². The first kappa shape index (κ1) is 17.9. The van der Waals surface area contributed by atoms with Crippen molar-refractivity contribution < 1.29 is 23.9 Å². The maximum atomic E-state index is 13.9. The maximum Gasteiger partial charge on any atom is 0.309 e. The molecule has 0 spiro atoms. The van der Waals surface area contributed by atoms with Crippen molar-refractivity contribution in [3.05, 3.63) is 46.9 Å². The van der Waals surface area contributed by atoms with E-state index in [9.17, 15) is 14.3 Å². The number of fused-ring (bicyclic) bond motifs is 1. The number of ether oxygens (including phenoxy) is 1. The molecule has 1 aliphatic rings. The maximum absolute atomic E-state index is 13.9. The standard InChI is InChI=1S/C18H19FN4O3S/c1-26-17(25)11-5-7-22(8-6-11)14(12-3-2-4-13(19)9-12)15-16(24)23-18(27-15)20-10-21-23/h2-4,9-11,14,24H,5-8H2,1H3/p+1/t14-/m1/s1. The third-order valence-corrected chi connectivity index (χ3v) is 6.25. The number of rotatable bonds is 4. The number of quaternary nitrogens is 1. The Morgan fingerprint density at radius 2 is 2.22 bits per heavy atom. The number of hydrogen-bond acceptors (Lipinski definition) is 6. The minimum absolute atomic E-state index is 0.0318. The van der Waals surface area contributed by atoms with Gasteiger partial charge in [-0.3, -0.25) is 4.79 Å². The molecule has 1 aliphatic heterocycles. The molecule has 2 aromatic heterocycles. The summed E-state index contributed by atoms with van der Waals surface area (Å²) in [6.45, 7) is 1.43. The SMILES string of the molecule is COC(=O)C1CC[NH+]([C@H](c2cccc(F)c2)c2sc3ncnn3c2O)CC1. The van der Waals surface area contributed by atoms with Gasteiger partial charge in [-0.15, -0.1) is 0 Å². The molecule has 0 radical (unpaired) electrons. The summed E-state index contributed by atoms with van der Waals surface area (Å²) in [6.07, 6.45) is 2.77. The number of esters is 1. The molecular weight excluding hydrogens is 371 g/mol. The van der Waals surface area contributed by atoms with Crippen LogP contribution in [0.5, 0.6) is 5.88 Å². The summed E-state index contributed by atoms with van der Waals surface area (Å²) < 4.78 is 20.2. The van der Waals surface area contributed by atoms with Gasteiger partial charge in [0.15, 0.2) is 6.04 Å². The van der Waals surface area contributed by atoms with Crippen molar-refractivity contribution >= 4 is 22.3 Å². The molecule has 3 aromatic rings. The Balaban J connectivity index is 1.70. The summed E-state index contributed by atoms with van der Waals surface area (Å²) >= 11 is 1.35. The highest BCUT2D eigenvalue weighted by Gasteiger charge is 2.37. The summed E-state index contributed by atoms with van der Waals surface area (Å²) in [6, 6.07) is 6.18. The number of nitrogens with zero attached hydrogens (tertiary/aromatic N) is 3. The minimum Gasteiger partial charge on any atom is -0.492 e. The fourth-order valence-corrected chi connectivity index (χ4v) is 4.94. The largest absolute Gasteiger partial charge is 0.492 e. The average Bonchev–Trinajstić information content (AvgIpc) is 3.26. The number of likely N-dealkylation sites (tertiary alicyclic amines) is 1. The number of carbonyl (C=O) groups is 1. The normalized spacial score (nSPS) is 21.3. The second-order valence-electron chi connectivity index (χ2n) is 6.69. The van der Waals surface area contributed by atoms with Crippen LogP contribution in [-0.4, -0.2) is 45.9 Å². The zero-order valence-electron chi connectivity index (χ0n) is 14.8. The fraction of sp³-hybridized carbons (Fsp3) is 0.389. The lowest BCUT2D eigenvalue weighted by Gasteiger charge is -2.33. The van der Waals surface area contributed by atoms with Crippen LogP contribution in [0.4, 0.5) is 4.39 Å². The topological polar surface area (TPSA) is 81.2 Å². The lowest BCUT2D eigenvalue weighted by atomic mass is 9.93. The first-order valence-corrected chi connectivity index (χ1v) is 9.59. The average molecular weight is 391 g/mol. The molecule has 0 saturated carbocycles. The number of carbonyl (C=O) groups excluding carboxylic acids is 1. The predicted octanol–water partition coefficient (Wildman–Crippen LogP) is 1.19. The van der Waals surface area contributed by atoms with Crippen LogP contribution >= 0.6 is 11.3 Å². The van der Waals surface area contributed by atoms with Crippen molar-refractivity contribution in [1.29, 1.82) is 0 Å². The van der Waals surface area contributed by atoms with E-state index in [1.165, 1.54) is 46.3 Å². The number of hydrogen-bond donors (Lipinski definition) is 2. The number of aromatic hydroxyl groups is 1. The van der Waals surface area contributed by atoms with E-state index in [0.717, 1.165) is 5.56 Å². The zero-order valence-corrected chi connectivity index (χ0v) is 15.6. The zero-order chi connectivity index (χ0) is 19.0. The fourth-order valence-electron chi connectivity index (χ4n) is 3.82.